The summed E-state index contributed by atoms with van der Waals surface area (Å²) in [6, 6.07) is 13.0. The Kier molecular flexibility index (Phi) is 8.26. The van der Waals surface area contributed by atoms with Gasteiger partial charge >= 0.3 is 0 Å². The number of halogens is 1. The summed E-state index contributed by atoms with van der Waals surface area (Å²) < 4.78 is 25.6. The molecule has 4 saturated heterocycles. The van der Waals surface area contributed by atoms with Crippen LogP contribution in [-0.4, -0.2) is 78.9 Å². The Morgan fingerprint density at radius 2 is 1.98 bits per heavy atom. The topological polar surface area (TPSA) is 104 Å². The molecule has 5 heterocycles. The number of amides is 1. The zero-order valence-electron chi connectivity index (χ0n) is 25.3. The number of hydrogen-bond acceptors (Lipinski definition) is 10. The van der Waals surface area contributed by atoms with Crippen LogP contribution in [-0.2, 0) is 14.4 Å². The lowest BCUT2D eigenvalue weighted by Crippen LogP contribution is -2.49. The number of nitrogens with zero attached hydrogens (tertiary/aromatic N) is 5. The minimum absolute atomic E-state index is 0.184. The smallest absolute Gasteiger partial charge is 0.247 e. The molecule has 0 radical (unpaired) electrons. The number of rotatable bonds is 9. The van der Waals surface area contributed by atoms with Crippen molar-refractivity contribution >= 4 is 34.6 Å². The van der Waals surface area contributed by atoms with Crippen molar-refractivity contribution < 1.29 is 23.5 Å². The average Bonchev–Trinajstić information content (AvgIpc) is 3.84. The molecule has 45 heavy (non-hydrogen) atoms. The van der Waals surface area contributed by atoms with Gasteiger partial charge in [0.2, 0.25) is 5.91 Å². The Labute approximate surface area is 261 Å². The SMILES string of the molecule is C=CC(=O)Nc1cc(Nc2cc(N3OCC[C@@H]3c3cccc(F)c3)ncn2)c(OC)cc1N1CCC(N2C[C@H]3C[C@@H]2CO3)CC1. The Morgan fingerprint density at radius 3 is 2.71 bits per heavy atom. The first-order chi connectivity index (χ1) is 22.0. The molecule has 0 saturated carbocycles. The third-order valence-electron chi connectivity index (χ3n) is 9.26. The summed E-state index contributed by atoms with van der Waals surface area (Å²) in [4.78, 5) is 32.2. The largest absolute Gasteiger partial charge is 0.494 e. The number of fused-ring (bicyclic) bond motifs is 2. The van der Waals surface area contributed by atoms with E-state index in [0.29, 0.717) is 60.0 Å². The second-order valence-electron chi connectivity index (χ2n) is 11.9. The van der Waals surface area contributed by atoms with Crippen LogP contribution in [0.15, 0.2) is 61.4 Å². The van der Waals surface area contributed by atoms with E-state index in [0.717, 1.165) is 56.8 Å². The number of hydrogen-bond donors (Lipinski definition) is 2. The second kappa shape index (κ2) is 12.6. The number of aromatic nitrogens is 2. The predicted octanol–water partition coefficient (Wildman–Crippen LogP) is 4.82. The van der Waals surface area contributed by atoms with E-state index in [-0.39, 0.29) is 17.8 Å². The molecule has 4 aliphatic heterocycles. The summed E-state index contributed by atoms with van der Waals surface area (Å²) >= 11 is 0. The third kappa shape index (κ3) is 6.05. The zero-order chi connectivity index (χ0) is 30.9. The fourth-order valence-electron chi connectivity index (χ4n) is 7.08. The lowest BCUT2D eigenvalue weighted by molar-refractivity contribution is -0.111. The van der Waals surface area contributed by atoms with E-state index in [1.54, 1.807) is 24.3 Å². The first-order valence-corrected chi connectivity index (χ1v) is 15.5. The summed E-state index contributed by atoms with van der Waals surface area (Å²) in [5.74, 6) is 1.06. The molecule has 3 atom stereocenters. The van der Waals surface area contributed by atoms with Crippen molar-refractivity contribution in [3.05, 3.63) is 72.8 Å². The van der Waals surface area contributed by atoms with Crippen LogP contribution in [0.25, 0.3) is 0 Å². The van der Waals surface area contributed by atoms with Gasteiger partial charge in [-0.05, 0) is 49.1 Å². The highest BCUT2D eigenvalue weighted by atomic mass is 19.1. The molecule has 0 aliphatic carbocycles. The van der Waals surface area contributed by atoms with E-state index >= 15 is 0 Å². The van der Waals surface area contributed by atoms with Crippen LogP contribution in [0.1, 0.15) is 37.3 Å². The molecule has 0 spiro atoms. The van der Waals surface area contributed by atoms with Gasteiger partial charge in [-0.2, -0.15) is 0 Å². The average molecular weight is 616 g/mol. The standard InChI is InChI=1S/C33H38FN7O4/c1-3-33(42)38-26-15-27(30(43-2)16-29(26)39-10-7-23(8-11-39)40-18-25-14-24(40)19-44-25)37-31-17-32(36-20-35-31)41-28(9-12-45-41)21-5-4-6-22(34)13-21/h3-6,13,15-17,20,23-25,28H,1,7-12,14,18-19H2,2H3,(H,38,42)(H,35,36,37)/t24-,25-,28-/m1/s1. The minimum atomic E-state index is -0.297. The Morgan fingerprint density at radius 1 is 1.11 bits per heavy atom. The van der Waals surface area contributed by atoms with Gasteiger partial charge in [-0.3, -0.25) is 14.5 Å². The first kappa shape index (κ1) is 29.5. The van der Waals surface area contributed by atoms with Crippen molar-refractivity contribution in [2.45, 2.75) is 49.9 Å². The number of hydroxylamine groups is 1. The van der Waals surface area contributed by atoms with Crippen LogP contribution in [0.3, 0.4) is 0 Å². The fraction of sp³-hybridized carbons (Fsp3) is 0.424. The van der Waals surface area contributed by atoms with Gasteiger partial charge in [0.15, 0.2) is 5.82 Å². The highest BCUT2D eigenvalue weighted by Crippen LogP contribution is 2.41. The van der Waals surface area contributed by atoms with Crippen molar-refractivity contribution in [1.82, 2.24) is 14.9 Å². The molecule has 2 aromatic carbocycles. The van der Waals surface area contributed by atoms with Crippen LogP contribution in [0.4, 0.5) is 33.1 Å². The zero-order valence-corrected chi connectivity index (χ0v) is 25.3. The molecule has 3 aromatic rings. The highest BCUT2D eigenvalue weighted by Gasteiger charge is 2.42. The van der Waals surface area contributed by atoms with E-state index in [2.05, 4.69) is 37.0 Å². The number of anilines is 5. The second-order valence-corrected chi connectivity index (χ2v) is 11.9. The molecule has 2 N–H and O–H groups in total. The molecule has 0 unspecified atom stereocenters. The molecule has 7 rings (SSSR count). The molecule has 1 amide bonds. The van der Waals surface area contributed by atoms with Gasteiger partial charge in [0.1, 0.15) is 23.7 Å². The summed E-state index contributed by atoms with van der Waals surface area (Å²) in [5, 5.41) is 8.03. The van der Waals surface area contributed by atoms with Crippen LogP contribution in [0.5, 0.6) is 5.75 Å². The van der Waals surface area contributed by atoms with Crippen molar-refractivity contribution in [2.75, 3.05) is 60.6 Å². The number of benzene rings is 2. The molecule has 12 heteroatoms. The van der Waals surface area contributed by atoms with Crippen LogP contribution in [0, 0.1) is 5.82 Å². The Bertz CT molecular complexity index is 1570. The highest BCUT2D eigenvalue weighted by molar-refractivity contribution is 6.02. The van der Waals surface area contributed by atoms with Gasteiger partial charge in [0.25, 0.3) is 0 Å². The summed E-state index contributed by atoms with van der Waals surface area (Å²) in [5.41, 5.74) is 2.98. The van der Waals surface area contributed by atoms with Crippen LogP contribution >= 0.6 is 0 Å². The molecule has 11 nitrogen and oxygen atoms in total. The molecular weight excluding hydrogens is 577 g/mol. The molecule has 4 aliphatic rings. The Balaban J connectivity index is 1.12. The maximum atomic E-state index is 14.0. The maximum Gasteiger partial charge on any atom is 0.247 e. The van der Waals surface area contributed by atoms with E-state index in [9.17, 15) is 9.18 Å². The number of nitrogens with one attached hydrogen (secondary N) is 2. The van der Waals surface area contributed by atoms with Gasteiger partial charge < -0.3 is 25.0 Å². The monoisotopic (exact) mass is 615 g/mol. The third-order valence-corrected chi connectivity index (χ3v) is 9.26. The Hall–Kier alpha value is -4.26. The number of morpholine rings is 1. The number of methoxy groups -OCH3 is 1. The van der Waals surface area contributed by atoms with Crippen LogP contribution in [0.2, 0.25) is 0 Å². The maximum absolute atomic E-state index is 14.0. The summed E-state index contributed by atoms with van der Waals surface area (Å²) in [7, 11) is 1.62. The molecule has 236 valence electrons. The number of carbonyl (C=O) groups excluding carboxylic acids is 1. The lowest BCUT2D eigenvalue weighted by Gasteiger charge is -2.41. The summed E-state index contributed by atoms with van der Waals surface area (Å²) in [6.45, 7) is 7.74. The number of ether oxygens (including phenoxy) is 2. The lowest BCUT2D eigenvalue weighted by atomic mass is 10.0. The predicted molar refractivity (Wildman–Crippen MR) is 169 cm³/mol. The van der Waals surface area contributed by atoms with Crippen molar-refractivity contribution in [3.8, 4) is 5.75 Å². The molecule has 4 fully saturated rings. The van der Waals surface area contributed by atoms with Gasteiger partial charge in [-0.25, -0.2) is 19.4 Å². The van der Waals surface area contributed by atoms with E-state index in [1.807, 2.05) is 18.2 Å². The van der Waals surface area contributed by atoms with E-state index < -0.39 is 0 Å². The number of piperidine rings is 1. The first-order valence-electron chi connectivity index (χ1n) is 15.5. The van der Waals surface area contributed by atoms with E-state index in [1.165, 1.54) is 24.5 Å². The quantitative estimate of drug-likeness (QED) is 0.326. The van der Waals surface area contributed by atoms with Crippen molar-refractivity contribution in [2.24, 2.45) is 0 Å². The molecule has 2 bridgehead atoms. The van der Waals surface area contributed by atoms with Gasteiger partial charge in [0.05, 0.1) is 49.5 Å². The van der Waals surface area contributed by atoms with Gasteiger partial charge in [-0.1, -0.05) is 18.7 Å². The fourth-order valence-corrected chi connectivity index (χ4v) is 7.08. The van der Waals surface area contributed by atoms with Crippen molar-refractivity contribution in [1.29, 1.82) is 0 Å². The van der Waals surface area contributed by atoms with Gasteiger partial charge in [-0.15, -0.1) is 0 Å². The minimum Gasteiger partial charge on any atom is -0.494 e. The van der Waals surface area contributed by atoms with Crippen LogP contribution < -0.4 is 25.3 Å². The van der Waals surface area contributed by atoms with Crippen molar-refractivity contribution in [3.63, 3.8) is 0 Å². The summed E-state index contributed by atoms with van der Waals surface area (Å²) in [6.07, 6.45) is 7.03. The molecular formula is C33H38FN7O4. The molecule has 1 aromatic heterocycles. The number of carbonyl (C=O) groups is 1. The van der Waals surface area contributed by atoms with Gasteiger partial charge in [0, 0.05) is 50.3 Å². The normalized spacial score (nSPS) is 23.4. The number of likely N-dealkylation sites (tertiary alicyclic amines) is 1. The van der Waals surface area contributed by atoms with E-state index in [4.69, 9.17) is 14.3 Å².